The molecular formula is C9H6NO. The summed E-state index contributed by atoms with van der Waals surface area (Å²) in [6.45, 7) is 0. The molecule has 1 aromatic rings. The van der Waals surface area contributed by atoms with E-state index in [0.29, 0.717) is 11.8 Å². The molecule has 0 bridgehead atoms. The van der Waals surface area contributed by atoms with E-state index in [0.717, 1.165) is 5.56 Å². The van der Waals surface area contributed by atoms with Gasteiger partial charge < -0.3 is 4.79 Å². The summed E-state index contributed by atoms with van der Waals surface area (Å²) in [7, 11) is 0. The number of nitriles is 1. The Morgan fingerprint density at radius 1 is 1.45 bits per heavy atom. The second-order valence-electron chi connectivity index (χ2n) is 2.04. The largest absolute Gasteiger partial charge is 0.303 e. The zero-order chi connectivity index (χ0) is 8.10. The Hall–Kier alpha value is -1.62. The smallest absolute Gasteiger partial charge is 0.128 e. The van der Waals surface area contributed by atoms with Crippen molar-refractivity contribution in [1.29, 1.82) is 5.26 Å². The number of aldehydes is 1. The van der Waals surface area contributed by atoms with Crippen LogP contribution in [-0.2, 0) is 4.79 Å². The molecule has 1 radical (unpaired) electrons. The molecule has 0 aliphatic rings. The third-order valence-corrected chi connectivity index (χ3v) is 1.28. The van der Waals surface area contributed by atoms with Crippen molar-refractivity contribution >= 4 is 6.29 Å². The van der Waals surface area contributed by atoms with E-state index in [-0.39, 0.29) is 0 Å². The topological polar surface area (TPSA) is 40.9 Å². The minimum absolute atomic E-state index is 0.570. The van der Waals surface area contributed by atoms with E-state index in [1.165, 1.54) is 6.42 Å². The van der Waals surface area contributed by atoms with Gasteiger partial charge in [0, 0.05) is 0 Å². The number of rotatable bonds is 2. The highest BCUT2D eigenvalue weighted by Crippen LogP contribution is 2.04. The Balaban J connectivity index is 2.93. The van der Waals surface area contributed by atoms with E-state index < -0.39 is 0 Å². The molecule has 53 valence electrons. The maximum absolute atomic E-state index is 10.0. The maximum Gasteiger partial charge on any atom is 0.128 e. The highest BCUT2D eigenvalue weighted by Gasteiger charge is 1.92. The zero-order valence-electron chi connectivity index (χ0n) is 5.82. The fourth-order valence-electron chi connectivity index (χ4n) is 0.790. The third kappa shape index (κ3) is 1.91. The molecule has 0 atom stereocenters. The van der Waals surface area contributed by atoms with E-state index in [4.69, 9.17) is 5.26 Å². The summed E-state index contributed by atoms with van der Waals surface area (Å²) in [6, 6.07) is 8.86. The number of hydrogen-bond acceptors (Lipinski definition) is 2. The molecule has 0 fully saturated rings. The van der Waals surface area contributed by atoms with Crippen molar-refractivity contribution in [2.24, 2.45) is 0 Å². The molecule has 1 rings (SSSR count). The van der Waals surface area contributed by atoms with Gasteiger partial charge in [-0.2, -0.15) is 5.26 Å². The Labute approximate surface area is 65.1 Å². The Kier molecular flexibility index (Phi) is 2.40. The van der Waals surface area contributed by atoms with Crippen LogP contribution in [0, 0.1) is 17.8 Å². The SMILES string of the molecule is N#Cc1cccc([CH]C=O)c1. The first-order valence-corrected chi connectivity index (χ1v) is 3.15. The zero-order valence-corrected chi connectivity index (χ0v) is 5.82. The number of carbonyl (C=O) groups is 1. The van der Waals surface area contributed by atoms with Crippen molar-refractivity contribution in [2.75, 3.05) is 0 Å². The van der Waals surface area contributed by atoms with Gasteiger partial charge in [-0.05, 0) is 17.7 Å². The number of carbonyl (C=O) groups excluding carboxylic acids is 1. The number of hydrogen-bond donors (Lipinski definition) is 0. The van der Waals surface area contributed by atoms with Crippen LogP contribution < -0.4 is 0 Å². The molecule has 11 heavy (non-hydrogen) atoms. The first kappa shape index (κ1) is 7.49. The van der Waals surface area contributed by atoms with Gasteiger partial charge in [-0.3, -0.25) is 0 Å². The normalized spacial score (nSPS) is 8.64. The summed E-state index contributed by atoms with van der Waals surface area (Å²) in [5, 5.41) is 8.48. The fraction of sp³-hybridized carbons (Fsp3) is 0. The number of nitrogens with zero attached hydrogens (tertiary/aromatic N) is 1. The molecule has 0 saturated carbocycles. The molecule has 2 nitrogen and oxygen atoms in total. The van der Waals surface area contributed by atoms with Crippen LogP contribution in [0.25, 0.3) is 0 Å². The standard InChI is InChI=1S/C9H6NO/c10-7-9-3-1-2-8(6-9)4-5-11/h1-6H. The molecule has 0 unspecified atom stereocenters. The summed E-state index contributed by atoms with van der Waals surface area (Å²) in [4.78, 5) is 10.0. The minimum Gasteiger partial charge on any atom is -0.303 e. The predicted molar refractivity (Wildman–Crippen MR) is 40.6 cm³/mol. The second-order valence-corrected chi connectivity index (χ2v) is 2.04. The summed E-state index contributed by atoms with van der Waals surface area (Å²) in [5.74, 6) is 0. The highest BCUT2D eigenvalue weighted by atomic mass is 16.1. The molecule has 0 N–H and O–H groups in total. The maximum atomic E-state index is 10.0. The molecule has 0 spiro atoms. The van der Waals surface area contributed by atoms with Gasteiger partial charge in [-0.1, -0.05) is 12.1 Å². The van der Waals surface area contributed by atoms with Crippen LogP contribution >= 0.6 is 0 Å². The van der Waals surface area contributed by atoms with Crippen molar-refractivity contribution < 1.29 is 4.79 Å². The molecule has 1 aromatic carbocycles. The molecule has 0 aromatic heterocycles. The van der Waals surface area contributed by atoms with Crippen LogP contribution in [0.2, 0.25) is 0 Å². The van der Waals surface area contributed by atoms with Crippen molar-refractivity contribution in [2.45, 2.75) is 0 Å². The minimum atomic E-state index is 0.570. The van der Waals surface area contributed by atoms with Crippen LogP contribution in [0.3, 0.4) is 0 Å². The predicted octanol–water partition coefficient (Wildman–Crippen LogP) is 1.31. The van der Waals surface area contributed by atoms with Crippen LogP contribution in [0.5, 0.6) is 0 Å². The van der Waals surface area contributed by atoms with Crippen LogP contribution in [0.1, 0.15) is 11.1 Å². The summed E-state index contributed by atoms with van der Waals surface area (Å²) < 4.78 is 0. The molecule has 0 saturated heterocycles. The van der Waals surface area contributed by atoms with E-state index in [1.807, 2.05) is 6.07 Å². The van der Waals surface area contributed by atoms with Gasteiger partial charge in [0.1, 0.15) is 6.29 Å². The van der Waals surface area contributed by atoms with Gasteiger partial charge in [0.05, 0.1) is 18.1 Å². The van der Waals surface area contributed by atoms with Crippen LogP contribution in [0.4, 0.5) is 0 Å². The first-order chi connectivity index (χ1) is 5.36. The van der Waals surface area contributed by atoms with Crippen molar-refractivity contribution in [3.8, 4) is 6.07 Å². The van der Waals surface area contributed by atoms with Gasteiger partial charge in [0.2, 0.25) is 0 Å². The molecule has 0 heterocycles. The summed E-state index contributed by atoms with van der Waals surface area (Å²) >= 11 is 0. The van der Waals surface area contributed by atoms with Gasteiger partial charge in [-0.15, -0.1) is 0 Å². The number of benzene rings is 1. The lowest BCUT2D eigenvalue weighted by molar-refractivity contribution is -0.104. The molecule has 0 aliphatic heterocycles. The van der Waals surface area contributed by atoms with E-state index >= 15 is 0 Å². The lowest BCUT2D eigenvalue weighted by Gasteiger charge is -1.92. The van der Waals surface area contributed by atoms with Gasteiger partial charge in [-0.25, -0.2) is 0 Å². The Bertz CT molecular complexity index is 299. The molecular weight excluding hydrogens is 138 g/mol. The van der Waals surface area contributed by atoms with Gasteiger partial charge in [0.15, 0.2) is 0 Å². The Morgan fingerprint density at radius 3 is 2.91 bits per heavy atom. The van der Waals surface area contributed by atoms with Crippen LogP contribution in [-0.4, -0.2) is 6.29 Å². The lowest BCUT2D eigenvalue weighted by Crippen LogP contribution is -1.82. The lowest BCUT2D eigenvalue weighted by atomic mass is 10.1. The average Bonchev–Trinajstić information content (AvgIpc) is 2.06. The van der Waals surface area contributed by atoms with Gasteiger partial charge >= 0.3 is 0 Å². The average molecular weight is 144 g/mol. The Morgan fingerprint density at radius 2 is 2.27 bits per heavy atom. The molecule has 2 heteroatoms. The van der Waals surface area contributed by atoms with Crippen LogP contribution in [0.15, 0.2) is 24.3 Å². The summed E-state index contributed by atoms with van der Waals surface area (Å²) in [6.07, 6.45) is 2.12. The van der Waals surface area contributed by atoms with Crippen molar-refractivity contribution in [3.05, 3.63) is 41.8 Å². The highest BCUT2D eigenvalue weighted by molar-refractivity contribution is 5.68. The first-order valence-electron chi connectivity index (χ1n) is 3.15. The fourth-order valence-corrected chi connectivity index (χ4v) is 0.790. The summed E-state index contributed by atoms with van der Waals surface area (Å²) in [5.41, 5.74) is 1.33. The molecule has 0 aliphatic carbocycles. The molecule has 0 amide bonds. The third-order valence-electron chi connectivity index (χ3n) is 1.28. The van der Waals surface area contributed by atoms with E-state index in [1.54, 1.807) is 24.3 Å². The monoisotopic (exact) mass is 144 g/mol. The van der Waals surface area contributed by atoms with Crippen molar-refractivity contribution in [3.63, 3.8) is 0 Å². The second kappa shape index (κ2) is 3.52. The van der Waals surface area contributed by atoms with Crippen molar-refractivity contribution in [1.82, 2.24) is 0 Å². The van der Waals surface area contributed by atoms with Gasteiger partial charge in [0.25, 0.3) is 0 Å². The quantitative estimate of drug-likeness (QED) is 0.587. The van der Waals surface area contributed by atoms with E-state index in [2.05, 4.69) is 0 Å². The van der Waals surface area contributed by atoms with E-state index in [9.17, 15) is 4.79 Å².